The van der Waals surface area contributed by atoms with Gasteiger partial charge in [-0.15, -0.1) is 0 Å². The third-order valence-electron chi connectivity index (χ3n) is 3.60. The van der Waals surface area contributed by atoms with Gasteiger partial charge in [0.15, 0.2) is 5.75 Å². The second kappa shape index (κ2) is 5.76. The number of hydrogen-bond donors (Lipinski definition) is 2. The first-order valence-corrected chi connectivity index (χ1v) is 6.37. The molecule has 0 spiro atoms. The van der Waals surface area contributed by atoms with E-state index in [0.29, 0.717) is 19.3 Å². The molecule has 0 aliphatic heterocycles. The van der Waals surface area contributed by atoms with E-state index in [1.54, 1.807) is 0 Å². The molecule has 3 N–H and O–H groups in total. The Balaban J connectivity index is 2.28. The van der Waals surface area contributed by atoms with Crippen molar-refractivity contribution in [3.8, 4) is 5.75 Å². The van der Waals surface area contributed by atoms with Crippen molar-refractivity contribution in [2.24, 2.45) is 5.73 Å². The fraction of sp³-hybridized carbons (Fsp3) is 0.538. The molecule has 1 aromatic carbocycles. The summed E-state index contributed by atoms with van der Waals surface area (Å²) in [5.41, 5.74) is 4.86. The molecule has 2 rings (SSSR count). The maximum absolute atomic E-state index is 13.5. The summed E-state index contributed by atoms with van der Waals surface area (Å²) in [6, 6.07) is 0. The van der Waals surface area contributed by atoms with Gasteiger partial charge in [0, 0.05) is 12.0 Å². The average molecular weight is 311 g/mol. The lowest BCUT2D eigenvalue weighted by Gasteiger charge is -2.36. The molecule has 8 heteroatoms. The largest absolute Gasteiger partial charge is 0.484 e. The topological polar surface area (TPSA) is 55.5 Å². The van der Waals surface area contributed by atoms with Gasteiger partial charge < -0.3 is 15.6 Å². The zero-order valence-electron chi connectivity index (χ0n) is 10.9. The molecular weight excluding hydrogens is 297 g/mol. The number of benzene rings is 1. The fourth-order valence-corrected chi connectivity index (χ4v) is 2.44. The predicted octanol–water partition coefficient (Wildman–Crippen LogP) is 2.39. The molecule has 3 nitrogen and oxygen atoms in total. The summed E-state index contributed by atoms with van der Waals surface area (Å²) < 4.78 is 71.0. The Labute approximate surface area is 117 Å². The van der Waals surface area contributed by atoms with Gasteiger partial charge in [-0.2, -0.15) is 8.78 Å². The molecular formula is C13H14F5NO2. The Hall–Kier alpha value is -1.41. The van der Waals surface area contributed by atoms with Crippen molar-refractivity contribution in [3.63, 3.8) is 0 Å². The van der Waals surface area contributed by atoms with Crippen LogP contribution < -0.4 is 10.5 Å². The maximum Gasteiger partial charge on any atom is 0.207 e. The lowest BCUT2D eigenvalue weighted by molar-refractivity contribution is 0.0662. The van der Waals surface area contributed by atoms with E-state index >= 15 is 0 Å². The molecule has 0 amide bonds. The minimum atomic E-state index is -2.23. The van der Waals surface area contributed by atoms with E-state index in [1.807, 2.05) is 0 Å². The number of halogens is 5. The summed E-state index contributed by atoms with van der Waals surface area (Å²) in [4.78, 5) is 0. The first kappa shape index (κ1) is 16.0. The first-order chi connectivity index (χ1) is 9.79. The molecule has 0 radical (unpaired) electrons. The summed E-state index contributed by atoms with van der Waals surface area (Å²) >= 11 is 0. The van der Waals surface area contributed by atoms with Crippen LogP contribution in [0.15, 0.2) is 0 Å². The highest BCUT2D eigenvalue weighted by atomic mass is 19.2. The number of hydrogen-bond acceptors (Lipinski definition) is 3. The molecule has 118 valence electrons. The number of aliphatic hydroxyl groups excluding tert-OH is 1. The normalized spacial score (nSPS) is 26.0. The fourth-order valence-electron chi connectivity index (χ4n) is 2.44. The van der Waals surface area contributed by atoms with E-state index in [-0.39, 0.29) is 13.0 Å². The zero-order valence-corrected chi connectivity index (χ0v) is 10.9. The van der Waals surface area contributed by atoms with E-state index in [0.717, 1.165) is 0 Å². The molecule has 1 aliphatic carbocycles. The van der Waals surface area contributed by atoms with Crippen molar-refractivity contribution in [3.05, 3.63) is 29.1 Å². The minimum Gasteiger partial charge on any atom is -0.484 e. The van der Waals surface area contributed by atoms with Gasteiger partial charge >= 0.3 is 0 Å². The van der Waals surface area contributed by atoms with Gasteiger partial charge in [-0.1, -0.05) is 0 Å². The molecule has 0 aromatic heterocycles. The highest BCUT2D eigenvalue weighted by molar-refractivity contribution is 5.30. The molecule has 1 aliphatic rings. The van der Waals surface area contributed by atoms with Gasteiger partial charge in [0.05, 0.1) is 6.61 Å². The monoisotopic (exact) mass is 311 g/mol. The molecule has 1 aromatic rings. The quantitative estimate of drug-likeness (QED) is 0.512. The van der Waals surface area contributed by atoms with E-state index < -0.39 is 46.5 Å². The van der Waals surface area contributed by atoms with Crippen molar-refractivity contribution in [2.75, 3.05) is 6.61 Å². The molecule has 0 saturated heterocycles. The van der Waals surface area contributed by atoms with Crippen LogP contribution in [-0.2, 0) is 0 Å². The Morgan fingerprint density at radius 3 is 2.10 bits per heavy atom. The molecule has 2 unspecified atom stereocenters. The van der Waals surface area contributed by atoms with Crippen LogP contribution in [0.2, 0.25) is 0 Å². The molecule has 0 heterocycles. The summed E-state index contributed by atoms with van der Waals surface area (Å²) in [6.45, 7) is -0.357. The van der Waals surface area contributed by atoms with Crippen LogP contribution in [0.5, 0.6) is 5.75 Å². The van der Waals surface area contributed by atoms with Crippen LogP contribution in [0.25, 0.3) is 0 Å². The third-order valence-corrected chi connectivity index (χ3v) is 3.60. The van der Waals surface area contributed by atoms with Crippen LogP contribution >= 0.6 is 0 Å². The van der Waals surface area contributed by atoms with E-state index in [1.165, 1.54) is 0 Å². The lowest BCUT2D eigenvalue weighted by Crippen LogP contribution is -2.50. The Morgan fingerprint density at radius 2 is 1.57 bits per heavy atom. The Bertz CT molecular complexity index is 525. The highest BCUT2D eigenvalue weighted by Crippen LogP contribution is 2.34. The first-order valence-electron chi connectivity index (χ1n) is 6.37. The van der Waals surface area contributed by atoms with Gasteiger partial charge in [0.2, 0.25) is 29.1 Å². The van der Waals surface area contributed by atoms with Gasteiger partial charge in [-0.05, 0) is 19.3 Å². The smallest absolute Gasteiger partial charge is 0.207 e. The number of nitrogens with two attached hydrogens (primary N) is 1. The summed E-state index contributed by atoms with van der Waals surface area (Å²) in [5.74, 6) is -11.7. The van der Waals surface area contributed by atoms with Gasteiger partial charge in [-0.25, -0.2) is 13.2 Å². The van der Waals surface area contributed by atoms with E-state index in [9.17, 15) is 22.0 Å². The third kappa shape index (κ3) is 2.96. The SMILES string of the molecule is NC1(CO)CCCC(Oc2c(F)c(F)c(F)c(F)c2F)C1. The predicted molar refractivity (Wildman–Crippen MR) is 63.1 cm³/mol. The molecule has 1 saturated carbocycles. The Kier molecular flexibility index (Phi) is 4.38. The van der Waals surface area contributed by atoms with Gasteiger partial charge in [0.25, 0.3) is 0 Å². The van der Waals surface area contributed by atoms with Crippen LogP contribution in [0.3, 0.4) is 0 Å². The van der Waals surface area contributed by atoms with Crippen molar-refractivity contribution in [2.45, 2.75) is 37.3 Å². The van der Waals surface area contributed by atoms with Crippen LogP contribution in [-0.4, -0.2) is 23.4 Å². The summed E-state index contributed by atoms with van der Waals surface area (Å²) in [5, 5.41) is 9.17. The average Bonchev–Trinajstić information content (AvgIpc) is 2.48. The van der Waals surface area contributed by atoms with Crippen molar-refractivity contribution < 1.29 is 31.8 Å². The lowest BCUT2D eigenvalue weighted by atomic mass is 9.81. The van der Waals surface area contributed by atoms with Crippen molar-refractivity contribution >= 4 is 0 Å². The van der Waals surface area contributed by atoms with Crippen LogP contribution in [0.4, 0.5) is 22.0 Å². The second-order valence-electron chi connectivity index (χ2n) is 5.26. The van der Waals surface area contributed by atoms with Gasteiger partial charge in [0.1, 0.15) is 6.10 Å². The highest BCUT2D eigenvalue weighted by Gasteiger charge is 2.35. The van der Waals surface area contributed by atoms with Gasteiger partial charge in [-0.3, -0.25) is 0 Å². The molecule has 21 heavy (non-hydrogen) atoms. The minimum absolute atomic E-state index is 0.0585. The summed E-state index contributed by atoms with van der Waals surface area (Å²) in [6.07, 6.45) is 0.572. The van der Waals surface area contributed by atoms with Crippen molar-refractivity contribution in [1.29, 1.82) is 0 Å². The number of rotatable bonds is 3. The maximum atomic E-state index is 13.5. The molecule has 0 bridgehead atoms. The molecule has 1 fully saturated rings. The van der Waals surface area contributed by atoms with E-state index in [2.05, 4.69) is 0 Å². The summed E-state index contributed by atoms with van der Waals surface area (Å²) in [7, 11) is 0. The number of aliphatic hydroxyl groups is 1. The number of ether oxygens (including phenoxy) is 1. The zero-order chi connectivity index (χ0) is 15.8. The van der Waals surface area contributed by atoms with Crippen molar-refractivity contribution in [1.82, 2.24) is 0 Å². The standard InChI is InChI=1S/C13H14F5NO2/c14-7-8(15)10(17)12(11(18)9(7)16)21-6-2-1-3-13(19,4-6)5-20/h6,20H,1-5,19H2. The molecule has 2 atom stereocenters. The second-order valence-corrected chi connectivity index (χ2v) is 5.26. The van der Waals surface area contributed by atoms with E-state index in [4.69, 9.17) is 15.6 Å². The van der Waals surface area contributed by atoms with Crippen LogP contribution in [0.1, 0.15) is 25.7 Å². The Morgan fingerprint density at radius 1 is 1.05 bits per heavy atom. The van der Waals surface area contributed by atoms with Crippen LogP contribution in [0, 0.1) is 29.1 Å².